The molecule has 1 aliphatic rings. The molecule has 4 rings (SSSR count). The third-order valence-electron chi connectivity index (χ3n) is 5.51. The number of nitrogens with one attached hydrogen (secondary N) is 1. The van der Waals surface area contributed by atoms with Crippen molar-refractivity contribution in [3.05, 3.63) is 78.2 Å². The normalized spacial score (nSPS) is 15.8. The van der Waals surface area contributed by atoms with E-state index in [2.05, 4.69) is 20.2 Å². The molecule has 0 saturated carbocycles. The number of likely N-dealkylation sites (N-methyl/N-ethyl adjacent to an activating group) is 1. The van der Waals surface area contributed by atoms with Crippen LogP contribution in [0, 0.1) is 0 Å². The monoisotopic (exact) mass is 415 g/mol. The second-order valence-corrected chi connectivity index (χ2v) is 7.84. The second-order valence-electron chi connectivity index (χ2n) is 7.84. The Morgan fingerprint density at radius 3 is 2.45 bits per heavy atom. The van der Waals surface area contributed by atoms with Gasteiger partial charge in [-0.05, 0) is 44.8 Å². The minimum Gasteiger partial charge on any atom is -0.337 e. The lowest BCUT2D eigenvalue weighted by molar-refractivity contribution is 0.0783. The molecular weight excluding hydrogens is 390 g/mol. The predicted octanol–water partition coefficient (Wildman–Crippen LogP) is 3.17. The van der Waals surface area contributed by atoms with Crippen LogP contribution in [-0.4, -0.2) is 64.8 Å². The van der Waals surface area contributed by atoms with Crippen LogP contribution in [0.25, 0.3) is 11.3 Å². The van der Waals surface area contributed by atoms with Crippen LogP contribution >= 0.6 is 0 Å². The Labute approximate surface area is 181 Å². The van der Waals surface area contributed by atoms with Gasteiger partial charge in [-0.2, -0.15) is 0 Å². The minimum atomic E-state index is -0.322. The molecule has 0 bridgehead atoms. The third-order valence-corrected chi connectivity index (χ3v) is 5.51. The van der Waals surface area contributed by atoms with Gasteiger partial charge in [0.2, 0.25) is 0 Å². The highest BCUT2D eigenvalue weighted by Crippen LogP contribution is 2.20. The molecule has 1 fully saturated rings. The number of aromatic nitrogens is 2. The van der Waals surface area contributed by atoms with Crippen LogP contribution < -0.4 is 5.32 Å². The number of rotatable bonds is 5. The predicted molar refractivity (Wildman–Crippen MR) is 120 cm³/mol. The number of hydrogen-bond acceptors (Lipinski definition) is 5. The van der Waals surface area contributed by atoms with Crippen LogP contribution in [0.5, 0.6) is 0 Å². The standard InChI is InChI=1S/C24H25N5O2/c1-28(2)20-12-13-29(16-20)24(31)18-10-8-17(9-11-18)21-14-25-15-22(27-21)23(30)26-19-6-4-3-5-7-19/h3-11,14-15,20H,12-13,16H2,1-2H3,(H,26,30)/t20-/m0/s1. The Hall–Kier alpha value is -3.58. The van der Waals surface area contributed by atoms with Crippen molar-refractivity contribution in [1.29, 1.82) is 0 Å². The lowest BCUT2D eigenvalue weighted by atomic mass is 10.1. The summed E-state index contributed by atoms with van der Waals surface area (Å²) < 4.78 is 0. The molecule has 2 heterocycles. The van der Waals surface area contributed by atoms with Crippen molar-refractivity contribution in [2.45, 2.75) is 12.5 Å². The van der Waals surface area contributed by atoms with E-state index >= 15 is 0 Å². The van der Waals surface area contributed by atoms with Gasteiger partial charge in [0.1, 0.15) is 5.69 Å². The van der Waals surface area contributed by atoms with E-state index < -0.39 is 0 Å². The highest BCUT2D eigenvalue weighted by Gasteiger charge is 2.28. The minimum absolute atomic E-state index is 0.0398. The van der Waals surface area contributed by atoms with Crippen LogP contribution in [0.1, 0.15) is 27.3 Å². The molecule has 0 radical (unpaired) electrons. The van der Waals surface area contributed by atoms with Gasteiger partial charge in [-0.25, -0.2) is 4.98 Å². The first-order chi connectivity index (χ1) is 15.0. The van der Waals surface area contributed by atoms with Crippen LogP contribution in [-0.2, 0) is 0 Å². The van der Waals surface area contributed by atoms with Gasteiger partial charge in [-0.1, -0.05) is 30.3 Å². The van der Waals surface area contributed by atoms with E-state index in [4.69, 9.17) is 0 Å². The fourth-order valence-corrected chi connectivity index (χ4v) is 3.64. The molecule has 0 unspecified atom stereocenters. The molecule has 7 heteroatoms. The van der Waals surface area contributed by atoms with E-state index in [1.54, 1.807) is 18.3 Å². The summed E-state index contributed by atoms with van der Waals surface area (Å²) in [7, 11) is 4.09. The van der Waals surface area contributed by atoms with Crippen molar-refractivity contribution < 1.29 is 9.59 Å². The maximum Gasteiger partial charge on any atom is 0.275 e. The molecule has 2 amide bonds. The van der Waals surface area contributed by atoms with Gasteiger partial charge in [0, 0.05) is 35.9 Å². The summed E-state index contributed by atoms with van der Waals surface area (Å²) in [6.45, 7) is 1.52. The number of carbonyl (C=O) groups is 2. The highest BCUT2D eigenvalue weighted by atomic mass is 16.2. The molecule has 1 aliphatic heterocycles. The number of anilines is 1. The molecule has 3 aromatic rings. The summed E-state index contributed by atoms with van der Waals surface area (Å²) in [6.07, 6.45) is 4.04. The zero-order valence-electron chi connectivity index (χ0n) is 17.7. The third kappa shape index (κ3) is 4.78. The molecule has 0 aliphatic carbocycles. The van der Waals surface area contributed by atoms with Gasteiger partial charge >= 0.3 is 0 Å². The molecular formula is C24H25N5O2. The van der Waals surface area contributed by atoms with E-state index in [0.717, 1.165) is 25.1 Å². The van der Waals surface area contributed by atoms with Gasteiger partial charge in [0.15, 0.2) is 0 Å². The first-order valence-electron chi connectivity index (χ1n) is 10.3. The van der Waals surface area contributed by atoms with E-state index in [9.17, 15) is 9.59 Å². The lowest BCUT2D eigenvalue weighted by Crippen LogP contribution is -2.34. The molecule has 7 nitrogen and oxygen atoms in total. The van der Waals surface area contributed by atoms with Crippen LogP contribution in [0.2, 0.25) is 0 Å². The van der Waals surface area contributed by atoms with Crippen LogP contribution in [0.4, 0.5) is 5.69 Å². The van der Waals surface area contributed by atoms with Crippen LogP contribution in [0.15, 0.2) is 67.0 Å². The summed E-state index contributed by atoms with van der Waals surface area (Å²) in [4.78, 5) is 38.0. The van der Waals surface area contributed by atoms with Crippen molar-refractivity contribution >= 4 is 17.5 Å². The number of carbonyl (C=O) groups excluding carboxylic acids is 2. The zero-order chi connectivity index (χ0) is 21.8. The second kappa shape index (κ2) is 9.06. The van der Waals surface area contributed by atoms with Crippen molar-refractivity contribution in [2.75, 3.05) is 32.5 Å². The molecule has 31 heavy (non-hydrogen) atoms. The van der Waals surface area contributed by atoms with Crippen molar-refractivity contribution in [3.8, 4) is 11.3 Å². The van der Waals surface area contributed by atoms with Gasteiger partial charge in [0.25, 0.3) is 11.8 Å². The smallest absolute Gasteiger partial charge is 0.275 e. The fourth-order valence-electron chi connectivity index (χ4n) is 3.64. The van der Waals surface area contributed by atoms with E-state index in [1.807, 2.05) is 61.5 Å². The Morgan fingerprint density at radius 1 is 1.03 bits per heavy atom. The Balaban J connectivity index is 1.46. The summed E-state index contributed by atoms with van der Waals surface area (Å²) in [6, 6.07) is 16.9. The van der Waals surface area contributed by atoms with Crippen molar-refractivity contribution in [3.63, 3.8) is 0 Å². The zero-order valence-corrected chi connectivity index (χ0v) is 17.7. The number of para-hydroxylation sites is 1. The Morgan fingerprint density at radius 2 is 1.77 bits per heavy atom. The van der Waals surface area contributed by atoms with E-state index in [0.29, 0.717) is 23.0 Å². The number of hydrogen-bond donors (Lipinski definition) is 1. The van der Waals surface area contributed by atoms with Gasteiger partial charge in [0.05, 0.1) is 18.1 Å². The summed E-state index contributed by atoms with van der Waals surface area (Å²) in [5, 5.41) is 2.81. The average Bonchev–Trinajstić information content (AvgIpc) is 3.30. The van der Waals surface area contributed by atoms with Crippen molar-refractivity contribution in [2.24, 2.45) is 0 Å². The molecule has 0 spiro atoms. The Kier molecular flexibility index (Phi) is 6.04. The lowest BCUT2D eigenvalue weighted by Gasteiger charge is -2.20. The van der Waals surface area contributed by atoms with Gasteiger partial charge in [-0.3, -0.25) is 14.6 Å². The quantitative estimate of drug-likeness (QED) is 0.693. The number of amides is 2. The van der Waals surface area contributed by atoms with Gasteiger partial charge < -0.3 is 15.1 Å². The Bertz CT molecular complexity index is 1070. The van der Waals surface area contributed by atoms with Crippen LogP contribution in [0.3, 0.4) is 0 Å². The van der Waals surface area contributed by atoms with Crippen molar-refractivity contribution in [1.82, 2.24) is 19.8 Å². The summed E-state index contributed by atoms with van der Waals surface area (Å²) >= 11 is 0. The van der Waals surface area contributed by atoms with E-state index in [-0.39, 0.29) is 17.5 Å². The number of nitrogens with zero attached hydrogens (tertiary/aromatic N) is 4. The molecule has 1 aromatic heterocycles. The first-order valence-corrected chi connectivity index (χ1v) is 10.3. The molecule has 1 saturated heterocycles. The topological polar surface area (TPSA) is 78.4 Å². The summed E-state index contributed by atoms with van der Waals surface area (Å²) in [5.74, 6) is -0.283. The average molecular weight is 415 g/mol. The largest absolute Gasteiger partial charge is 0.337 e. The fraction of sp³-hybridized carbons (Fsp3) is 0.250. The summed E-state index contributed by atoms with van der Waals surface area (Å²) in [5.41, 5.74) is 2.95. The van der Waals surface area contributed by atoms with Gasteiger partial charge in [-0.15, -0.1) is 0 Å². The molecule has 2 aromatic carbocycles. The maximum atomic E-state index is 12.8. The number of likely N-dealkylation sites (tertiary alicyclic amines) is 1. The molecule has 1 atom stereocenters. The SMILES string of the molecule is CN(C)[C@H]1CCN(C(=O)c2ccc(-c3cncc(C(=O)Nc4ccccc4)n3)cc2)C1. The molecule has 1 N–H and O–H groups in total. The van der Waals surface area contributed by atoms with E-state index in [1.165, 1.54) is 6.20 Å². The first kappa shape index (κ1) is 20.7. The molecule has 158 valence electrons. The highest BCUT2D eigenvalue weighted by molar-refractivity contribution is 6.03. The maximum absolute atomic E-state index is 12.8. The number of benzene rings is 2.